The van der Waals surface area contributed by atoms with Crippen molar-refractivity contribution in [3.05, 3.63) is 18.2 Å². The number of aliphatic carboxylic acids is 1. The van der Waals surface area contributed by atoms with E-state index >= 15 is 0 Å². The number of nitrogens with two attached hydrogens (primary N) is 6. The molecule has 0 bridgehead atoms. The van der Waals surface area contributed by atoms with Crippen molar-refractivity contribution in [2.45, 2.75) is 108 Å². The molecule has 0 fully saturated rings. The summed E-state index contributed by atoms with van der Waals surface area (Å²) in [5.74, 6) is -5.74. The lowest BCUT2D eigenvalue weighted by atomic mass is 10.0. The maximum atomic E-state index is 13.8. The van der Waals surface area contributed by atoms with Crippen LogP contribution in [0.3, 0.4) is 0 Å². The van der Waals surface area contributed by atoms with Gasteiger partial charge >= 0.3 is 5.97 Å². The molecule has 1 aromatic rings. The molecule has 1 rings (SSSR count). The number of carbonyl (C=O) groups excluding carboxylic acids is 5. The van der Waals surface area contributed by atoms with E-state index in [9.17, 15) is 39.0 Å². The lowest BCUT2D eigenvalue weighted by Crippen LogP contribution is -2.60. The van der Waals surface area contributed by atoms with Gasteiger partial charge in [0.25, 0.3) is 0 Å². The van der Waals surface area contributed by atoms with E-state index in [0.29, 0.717) is 31.5 Å². The number of rotatable bonds is 28. The molecule has 0 aliphatic heterocycles. The van der Waals surface area contributed by atoms with Crippen LogP contribution in [0, 0.1) is 5.92 Å². The Hall–Kier alpha value is -5.55. The van der Waals surface area contributed by atoms with Crippen LogP contribution >= 0.6 is 0 Å². The highest BCUT2D eigenvalue weighted by Gasteiger charge is 2.33. The zero-order chi connectivity index (χ0) is 42.2. The van der Waals surface area contributed by atoms with Crippen LogP contribution in [0.5, 0.6) is 0 Å². The molecular weight excluding hydrogens is 734 g/mol. The summed E-state index contributed by atoms with van der Waals surface area (Å²) in [6, 6.07) is -7.64. The molecule has 0 saturated heterocycles. The van der Waals surface area contributed by atoms with Crippen molar-refractivity contribution in [3.63, 3.8) is 0 Å². The zero-order valence-electron chi connectivity index (χ0n) is 32.0. The van der Waals surface area contributed by atoms with E-state index in [0.717, 1.165) is 0 Å². The number of aromatic nitrogens is 2. The van der Waals surface area contributed by atoms with Crippen LogP contribution in [0.1, 0.15) is 70.9 Å². The summed E-state index contributed by atoms with van der Waals surface area (Å²) < 4.78 is 0. The first kappa shape index (κ1) is 48.5. The number of carboxylic acids is 1. The highest BCUT2D eigenvalue weighted by atomic mass is 16.4. The van der Waals surface area contributed by atoms with Gasteiger partial charge in [-0.25, -0.2) is 9.78 Å². The number of imidazole rings is 1. The minimum absolute atomic E-state index is 0.0372. The maximum absolute atomic E-state index is 13.8. The van der Waals surface area contributed by atoms with Crippen LogP contribution in [0.2, 0.25) is 0 Å². The first-order chi connectivity index (χ1) is 26.5. The van der Waals surface area contributed by atoms with Crippen LogP contribution in [0.15, 0.2) is 22.5 Å². The van der Waals surface area contributed by atoms with Gasteiger partial charge in [-0.15, -0.1) is 0 Å². The summed E-state index contributed by atoms with van der Waals surface area (Å²) in [5.41, 5.74) is 33.6. The summed E-state index contributed by atoms with van der Waals surface area (Å²) in [4.78, 5) is 93.5. The monoisotopic (exact) mass is 795 g/mol. The predicted octanol–water partition coefficient (Wildman–Crippen LogP) is -4.94. The number of hydrogen-bond acceptors (Lipinski definition) is 12. The van der Waals surface area contributed by atoms with Gasteiger partial charge in [-0.05, 0) is 63.8 Å². The summed E-state index contributed by atoms with van der Waals surface area (Å²) >= 11 is 0. The molecule has 6 atom stereocenters. The third-order valence-electron chi connectivity index (χ3n) is 8.21. The average molecular weight is 796 g/mol. The third-order valence-corrected chi connectivity index (χ3v) is 8.21. The number of aliphatic hydroxyl groups excluding tert-OH is 1. The molecule has 0 aromatic carbocycles. The van der Waals surface area contributed by atoms with Gasteiger partial charge < -0.3 is 76.2 Å². The van der Waals surface area contributed by atoms with Crippen LogP contribution in [-0.2, 0) is 35.2 Å². The number of aliphatic imine (C=N–C) groups is 2. The van der Waals surface area contributed by atoms with Crippen LogP contribution in [-0.4, -0.2) is 130 Å². The molecule has 5 amide bonds. The predicted molar refractivity (Wildman–Crippen MR) is 207 cm³/mol. The van der Waals surface area contributed by atoms with E-state index in [-0.39, 0.29) is 69.5 Å². The third kappa shape index (κ3) is 19.7. The lowest BCUT2D eigenvalue weighted by Gasteiger charge is -2.27. The van der Waals surface area contributed by atoms with Crippen molar-refractivity contribution >= 4 is 47.4 Å². The summed E-state index contributed by atoms with van der Waals surface area (Å²) in [5, 5.41) is 32.1. The smallest absolute Gasteiger partial charge is 0.326 e. The van der Waals surface area contributed by atoms with Crippen LogP contribution in [0.4, 0.5) is 0 Å². The number of amides is 5. The Morgan fingerprint density at radius 3 is 1.75 bits per heavy atom. The molecule has 20 N–H and O–H groups in total. The fourth-order valence-corrected chi connectivity index (χ4v) is 5.26. The van der Waals surface area contributed by atoms with Gasteiger partial charge in [0.05, 0.1) is 19.0 Å². The lowest BCUT2D eigenvalue weighted by molar-refractivity contribution is -0.142. The molecule has 0 aliphatic carbocycles. The second kappa shape index (κ2) is 26.3. The Bertz CT molecular complexity index is 1450. The number of H-pyrrole nitrogens is 1. The number of nitrogens with zero attached hydrogens (tertiary/aromatic N) is 3. The van der Waals surface area contributed by atoms with E-state index in [1.807, 2.05) is 13.8 Å². The molecule has 1 heterocycles. The zero-order valence-corrected chi connectivity index (χ0v) is 32.0. The fourth-order valence-electron chi connectivity index (χ4n) is 5.26. The molecule has 23 heteroatoms. The summed E-state index contributed by atoms with van der Waals surface area (Å²) in [7, 11) is 0. The van der Waals surface area contributed by atoms with Crippen molar-refractivity contribution in [2.75, 3.05) is 26.2 Å². The number of nitrogens with one attached hydrogen (secondary N) is 6. The van der Waals surface area contributed by atoms with Gasteiger partial charge in [0.15, 0.2) is 11.9 Å². The largest absolute Gasteiger partial charge is 0.480 e. The first-order valence-electron chi connectivity index (χ1n) is 18.4. The summed E-state index contributed by atoms with van der Waals surface area (Å²) in [6.07, 6.45) is 4.67. The van der Waals surface area contributed by atoms with Crippen molar-refractivity contribution < 1.29 is 39.0 Å². The highest BCUT2D eigenvalue weighted by molar-refractivity contribution is 5.96. The van der Waals surface area contributed by atoms with Crippen molar-refractivity contribution in [3.8, 4) is 0 Å². The minimum Gasteiger partial charge on any atom is -0.480 e. The van der Waals surface area contributed by atoms with Crippen molar-refractivity contribution in [1.29, 1.82) is 0 Å². The number of unbranched alkanes of at least 4 members (excludes halogenated alkanes) is 1. The topological polar surface area (TPSA) is 413 Å². The van der Waals surface area contributed by atoms with Gasteiger partial charge in [0.1, 0.15) is 30.2 Å². The fraction of sp³-hybridized carbons (Fsp3) is 0.667. The van der Waals surface area contributed by atoms with E-state index < -0.39 is 78.4 Å². The molecule has 0 saturated carbocycles. The number of carbonyl (C=O) groups is 6. The second-order valence-electron chi connectivity index (χ2n) is 13.5. The van der Waals surface area contributed by atoms with Gasteiger partial charge in [-0.3, -0.25) is 34.0 Å². The van der Waals surface area contributed by atoms with E-state index in [1.165, 1.54) is 12.5 Å². The average Bonchev–Trinajstić information content (AvgIpc) is 3.65. The molecule has 0 unspecified atom stereocenters. The molecule has 23 nitrogen and oxygen atoms in total. The standard InChI is InChI=1S/C33H61N15O8/c1-18(2)13-23(47-29(53)24(14-19-15-40-17-43-19)46-26(50)20(35)7-5-11-41-32(36)37)28(52)44-21(9-6-12-42-33(38)39)27(51)48-25(16-49)30(54)45-22(31(55)56)8-3-4-10-34/h15,17-18,20-25,49H,3-14,16,34-35H2,1-2H3,(H,40,43)(H,44,52)(H,45,54)(H,46,50)(H,47,53)(H,48,51)(H,55,56)(H4,36,37,41)(H4,38,39,42)/t20-,21-,22-,23-,24-,25-/m0/s1. The van der Waals surface area contributed by atoms with Gasteiger partial charge in [-0.1, -0.05) is 13.8 Å². The number of guanidine groups is 2. The molecule has 0 radical (unpaired) electrons. The van der Waals surface area contributed by atoms with Gasteiger partial charge in [-0.2, -0.15) is 0 Å². The Balaban J connectivity index is 3.25. The summed E-state index contributed by atoms with van der Waals surface area (Å²) in [6.45, 7) is 3.37. The number of aromatic amines is 1. The van der Waals surface area contributed by atoms with Crippen LogP contribution in [0.25, 0.3) is 0 Å². The Morgan fingerprint density at radius 2 is 1.21 bits per heavy atom. The molecule has 0 spiro atoms. The highest BCUT2D eigenvalue weighted by Crippen LogP contribution is 2.10. The molecule has 0 aliphatic rings. The second-order valence-corrected chi connectivity index (χ2v) is 13.5. The molecular formula is C33H61N15O8. The molecule has 56 heavy (non-hydrogen) atoms. The first-order valence-corrected chi connectivity index (χ1v) is 18.4. The van der Waals surface area contributed by atoms with Crippen molar-refractivity contribution in [2.24, 2.45) is 50.3 Å². The SMILES string of the molecule is CC(C)C[C@H](NC(=O)[C@H](Cc1cnc[nH]1)NC(=O)[C@@H](N)CCCN=C(N)N)C(=O)N[C@@H](CCCN=C(N)N)C(=O)N[C@@H](CO)C(=O)N[C@@H](CCCCN)C(=O)O. The van der Waals surface area contributed by atoms with E-state index in [2.05, 4.69) is 46.5 Å². The number of aliphatic hydroxyl groups is 1. The minimum atomic E-state index is -1.58. The normalized spacial score (nSPS) is 14.2. The molecule has 1 aromatic heterocycles. The Morgan fingerprint density at radius 1 is 0.714 bits per heavy atom. The van der Waals surface area contributed by atoms with Gasteiger partial charge in [0.2, 0.25) is 29.5 Å². The molecule has 316 valence electrons. The quantitative estimate of drug-likeness (QED) is 0.0215. The number of carboxylic acid groups (broad SMARTS) is 1. The van der Waals surface area contributed by atoms with Gasteiger partial charge in [0, 0.05) is 31.4 Å². The van der Waals surface area contributed by atoms with E-state index in [4.69, 9.17) is 34.4 Å². The van der Waals surface area contributed by atoms with Crippen LogP contribution < -0.4 is 61.0 Å². The number of hydrogen-bond donors (Lipinski definition) is 14. The van der Waals surface area contributed by atoms with E-state index in [1.54, 1.807) is 0 Å². The van der Waals surface area contributed by atoms with Crippen molar-refractivity contribution in [1.82, 2.24) is 36.6 Å². The Kier molecular flexibility index (Phi) is 22.8. The maximum Gasteiger partial charge on any atom is 0.326 e. The Labute approximate surface area is 325 Å².